The molecule has 0 radical (unpaired) electrons. The largest absolute Gasteiger partial charge is 1.00 e. The average Bonchev–Trinajstić information content (AvgIpc) is 1.78. The van der Waals surface area contributed by atoms with E-state index in [0.717, 1.165) is 0 Å². The van der Waals surface area contributed by atoms with Gasteiger partial charge in [-0.05, 0) is 12.8 Å². The molecule has 12 heavy (non-hydrogen) atoms. The Morgan fingerprint density at radius 3 is 1.92 bits per heavy atom. The van der Waals surface area contributed by atoms with Crippen LogP contribution in [0.15, 0.2) is 0 Å². The summed E-state index contributed by atoms with van der Waals surface area (Å²) in [5.41, 5.74) is 0. The van der Waals surface area contributed by atoms with E-state index in [1.807, 2.05) is 0 Å². The first-order chi connectivity index (χ1) is 4.56. The van der Waals surface area contributed by atoms with Crippen LogP contribution in [0.25, 0.3) is 0 Å². The van der Waals surface area contributed by atoms with Crippen molar-refractivity contribution in [2.45, 2.75) is 19.3 Å². The Hall–Kier alpha value is 2.11. The van der Waals surface area contributed by atoms with Gasteiger partial charge in [0.25, 0.3) is 0 Å². The van der Waals surface area contributed by atoms with E-state index in [0.29, 0.717) is 19.3 Å². The van der Waals surface area contributed by atoms with Gasteiger partial charge in [-0.25, -0.2) is 0 Å². The molecule has 0 aliphatic carbocycles. The molecule has 66 valence electrons. The summed E-state index contributed by atoms with van der Waals surface area (Å²) in [6.07, 6.45) is 1.74. The van der Waals surface area contributed by atoms with Crippen molar-refractivity contribution in [3.05, 3.63) is 0 Å². The topological polar surface area (TPSA) is 77.8 Å². The van der Waals surface area contributed by atoms with Crippen LogP contribution in [0.3, 0.4) is 0 Å². The van der Waals surface area contributed by atoms with Crippen LogP contribution in [0.5, 0.6) is 0 Å². The van der Waals surface area contributed by atoms with Gasteiger partial charge in [0.1, 0.15) is 0 Å². The summed E-state index contributed by atoms with van der Waals surface area (Å²) < 4.78 is 10.2. The fourth-order valence-corrected chi connectivity index (χ4v) is 1.24. The third-order valence-corrected chi connectivity index (χ3v) is 2.01. The first kappa shape index (κ1) is 19.6. The van der Waals surface area contributed by atoms with Gasteiger partial charge in [0.05, 0.1) is 0 Å². The Morgan fingerprint density at radius 1 is 1.08 bits per heavy atom. The van der Waals surface area contributed by atoms with E-state index < -0.39 is 7.60 Å². The molecule has 0 aromatic carbocycles. The van der Waals surface area contributed by atoms with Crippen molar-refractivity contribution in [1.29, 1.82) is 0 Å². The van der Waals surface area contributed by atoms with E-state index in [1.165, 1.54) is 0 Å². The van der Waals surface area contributed by atoms with Gasteiger partial charge in [0, 0.05) is 12.8 Å². The Balaban J connectivity index is -0.0000000675. The van der Waals surface area contributed by atoms with Gasteiger partial charge >= 0.3 is 66.7 Å². The molecule has 0 heterocycles. The molecule has 0 spiro atoms. The van der Waals surface area contributed by atoms with E-state index >= 15 is 0 Å². The minimum Gasteiger partial charge on any atom is -1.00 e. The third kappa shape index (κ3) is 18.0. The van der Waals surface area contributed by atoms with Crippen molar-refractivity contribution in [1.82, 2.24) is 0 Å². The molecule has 4 nitrogen and oxygen atoms in total. The van der Waals surface area contributed by atoms with Crippen molar-refractivity contribution >= 4 is 7.60 Å². The maximum atomic E-state index is 10.2. The molecule has 0 unspecified atom stereocenters. The van der Waals surface area contributed by atoms with E-state index in [2.05, 4.69) is 0 Å². The van der Waals surface area contributed by atoms with E-state index in [4.69, 9.17) is 14.9 Å². The number of unbranched alkanes of at least 4 members (excludes halogenated alkanes) is 2. The van der Waals surface area contributed by atoms with Crippen LogP contribution in [-0.4, -0.2) is 27.7 Å². The van der Waals surface area contributed by atoms with Gasteiger partial charge in [-0.3, -0.25) is 4.57 Å². The standard InChI is InChI=1S/C5H13O4P.2Na.2H/c6-4-2-1-3-5-10(7,8)9;;;;/h6H,1-5H2,(H2,7,8,9);;;;/q;2*+1;2*-1. The molecule has 3 N–H and O–H groups in total. The zero-order chi connectivity index (χ0) is 8.04. The zero-order valence-electron chi connectivity index (χ0n) is 9.73. The summed E-state index contributed by atoms with van der Waals surface area (Å²) >= 11 is 0. The summed E-state index contributed by atoms with van der Waals surface area (Å²) in [7, 11) is -3.79. The van der Waals surface area contributed by atoms with Crippen molar-refractivity contribution in [3.63, 3.8) is 0 Å². The van der Waals surface area contributed by atoms with E-state index in [9.17, 15) is 4.57 Å². The molecule has 7 heteroatoms. The molecule has 0 fully saturated rings. The van der Waals surface area contributed by atoms with Crippen molar-refractivity contribution in [2.24, 2.45) is 0 Å². The molecule has 0 aromatic rings. The van der Waals surface area contributed by atoms with Crippen LogP contribution in [0, 0.1) is 0 Å². The quantitative estimate of drug-likeness (QED) is 0.243. The number of hydrogen-bond acceptors (Lipinski definition) is 2. The van der Waals surface area contributed by atoms with Gasteiger partial charge in [-0.2, -0.15) is 0 Å². The maximum absolute atomic E-state index is 10.2. The molecule has 0 atom stereocenters. The zero-order valence-corrected chi connectivity index (χ0v) is 12.6. The van der Waals surface area contributed by atoms with Gasteiger partial charge in [0.15, 0.2) is 0 Å². The molecule has 0 bridgehead atoms. The molecule has 0 aromatic heterocycles. The molecule has 0 amide bonds. The van der Waals surface area contributed by atoms with Gasteiger partial charge < -0.3 is 17.7 Å². The Bertz CT molecular complexity index is 135. The first-order valence-corrected chi connectivity index (χ1v) is 5.01. The number of aliphatic hydroxyl groups excluding tert-OH is 1. The Morgan fingerprint density at radius 2 is 1.58 bits per heavy atom. The van der Waals surface area contributed by atoms with Gasteiger partial charge in [-0.15, -0.1) is 0 Å². The minimum absolute atomic E-state index is 0. The second kappa shape index (κ2) is 11.2. The van der Waals surface area contributed by atoms with E-state index in [-0.39, 0.29) is 74.7 Å². The second-order valence-electron chi connectivity index (χ2n) is 2.17. The van der Waals surface area contributed by atoms with Crippen LogP contribution in [0.1, 0.15) is 22.1 Å². The minimum atomic E-state index is -3.79. The molecule has 0 saturated heterocycles. The Labute approximate surface area is 120 Å². The van der Waals surface area contributed by atoms with Crippen molar-refractivity contribution < 1.29 is 81.4 Å². The monoisotopic (exact) mass is 216 g/mol. The van der Waals surface area contributed by atoms with Crippen LogP contribution in [0.4, 0.5) is 0 Å². The van der Waals surface area contributed by atoms with Crippen LogP contribution in [0.2, 0.25) is 0 Å². The summed E-state index contributed by atoms with van der Waals surface area (Å²) in [6, 6.07) is 0. The molecule has 0 saturated carbocycles. The summed E-state index contributed by atoms with van der Waals surface area (Å²) in [6.45, 7) is 0.0984. The normalized spacial score (nSPS) is 9.92. The number of aliphatic hydroxyl groups is 1. The van der Waals surface area contributed by atoms with E-state index in [1.54, 1.807) is 0 Å². The fourth-order valence-electron chi connectivity index (χ4n) is 0.606. The van der Waals surface area contributed by atoms with Crippen LogP contribution < -0.4 is 59.1 Å². The number of hydrogen-bond donors (Lipinski definition) is 3. The predicted molar refractivity (Wildman–Crippen MR) is 40.1 cm³/mol. The second-order valence-corrected chi connectivity index (χ2v) is 3.95. The van der Waals surface area contributed by atoms with Crippen LogP contribution >= 0.6 is 7.60 Å². The molecular weight excluding hydrogens is 201 g/mol. The third-order valence-electron chi connectivity index (χ3n) is 1.11. The number of rotatable bonds is 5. The van der Waals surface area contributed by atoms with Crippen molar-refractivity contribution in [3.8, 4) is 0 Å². The predicted octanol–water partition coefficient (Wildman–Crippen LogP) is -5.44. The molecule has 0 aliphatic rings. The van der Waals surface area contributed by atoms with Gasteiger partial charge in [0.2, 0.25) is 0 Å². The summed E-state index contributed by atoms with van der Waals surface area (Å²) in [5, 5.41) is 8.30. The average molecular weight is 216 g/mol. The molecule has 0 aliphatic heterocycles. The van der Waals surface area contributed by atoms with Crippen molar-refractivity contribution in [2.75, 3.05) is 12.8 Å². The summed E-state index contributed by atoms with van der Waals surface area (Å²) in [5.74, 6) is 0. The first-order valence-electron chi connectivity index (χ1n) is 3.22. The molecular formula is C5H15Na2O4P. The van der Waals surface area contributed by atoms with Gasteiger partial charge in [-0.1, -0.05) is 6.42 Å². The smallest absolute Gasteiger partial charge is 1.00 e. The molecule has 0 rings (SSSR count). The fraction of sp³-hybridized carbons (Fsp3) is 1.00. The van der Waals surface area contributed by atoms with Crippen LogP contribution in [-0.2, 0) is 4.57 Å². The maximum Gasteiger partial charge on any atom is 1.00 e. The summed E-state index contributed by atoms with van der Waals surface area (Å²) in [4.78, 5) is 16.7. The SMILES string of the molecule is O=P(O)(O)CCCCCO.[H-].[H-].[Na+].[Na+]. The Kier molecular flexibility index (Phi) is 18.3.